The van der Waals surface area contributed by atoms with E-state index in [4.69, 9.17) is 9.47 Å². The van der Waals surface area contributed by atoms with Gasteiger partial charge in [-0.25, -0.2) is 0 Å². The largest absolute Gasteiger partial charge is 0.497 e. The Morgan fingerprint density at radius 2 is 2.10 bits per heavy atom. The van der Waals surface area contributed by atoms with Gasteiger partial charge >= 0.3 is 0 Å². The molecule has 118 valence electrons. The molecule has 0 amide bonds. The molecule has 2 rings (SSSR count). The van der Waals surface area contributed by atoms with Crippen molar-refractivity contribution in [1.82, 2.24) is 10.2 Å². The van der Waals surface area contributed by atoms with Gasteiger partial charge in [0, 0.05) is 24.2 Å². The third-order valence-corrected chi connectivity index (χ3v) is 4.39. The Balaban J connectivity index is 1.77. The lowest BCUT2D eigenvalue weighted by Crippen LogP contribution is -2.38. The average molecular weight is 292 g/mol. The number of likely N-dealkylation sites (tertiary alicyclic amines) is 1. The summed E-state index contributed by atoms with van der Waals surface area (Å²) in [5.74, 6) is 1.72. The second kappa shape index (κ2) is 8.25. The molecular formula is C17H28N2O2. The van der Waals surface area contributed by atoms with E-state index in [0.29, 0.717) is 0 Å². The zero-order valence-electron chi connectivity index (χ0n) is 13.5. The molecule has 1 fully saturated rings. The Morgan fingerprint density at radius 3 is 2.81 bits per heavy atom. The van der Waals surface area contributed by atoms with E-state index >= 15 is 0 Å². The van der Waals surface area contributed by atoms with Crippen LogP contribution in [0.2, 0.25) is 0 Å². The van der Waals surface area contributed by atoms with Crippen molar-refractivity contribution in [2.24, 2.45) is 0 Å². The van der Waals surface area contributed by atoms with Crippen LogP contribution in [0.4, 0.5) is 0 Å². The maximum atomic E-state index is 5.42. The van der Waals surface area contributed by atoms with Gasteiger partial charge in [-0.3, -0.25) is 0 Å². The Morgan fingerprint density at radius 1 is 1.24 bits per heavy atom. The first-order valence-electron chi connectivity index (χ1n) is 7.86. The van der Waals surface area contributed by atoms with E-state index < -0.39 is 0 Å². The second-order valence-corrected chi connectivity index (χ2v) is 5.77. The number of methoxy groups -OCH3 is 2. The monoisotopic (exact) mass is 292 g/mol. The normalized spacial score (nSPS) is 19.5. The van der Waals surface area contributed by atoms with Crippen LogP contribution in [0.3, 0.4) is 0 Å². The number of hydrogen-bond donors (Lipinski definition) is 1. The summed E-state index contributed by atoms with van der Waals surface area (Å²) in [4.78, 5) is 2.50. The van der Waals surface area contributed by atoms with Crippen molar-refractivity contribution >= 4 is 0 Å². The predicted octanol–water partition coefficient (Wildman–Crippen LogP) is 2.67. The van der Waals surface area contributed by atoms with Crippen molar-refractivity contribution in [3.8, 4) is 11.5 Å². The summed E-state index contributed by atoms with van der Waals surface area (Å²) in [6.45, 7) is 3.13. The Kier molecular flexibility index (Phi) is 6.33. The van der Waals surface area contributed by atoms with E-state index in [-0.39, 0.29) is 0 Å². The van der Waals surface area contributed by atoms with Crippen LogP contribution in [0.1, 0.15) is 31.2 Å². The number of rotatable bonds is 7. The van der Waals surface area contributed by atoms with Crippen molar-refractivity contribution in [2.45, 2.75) is 38.3 Å². The molecule has 4 nitrogen and oxygen atoms in total. The third kappa shape index (κ3) is 4.61. The zero-order valence-corrected chi connectivity index (χ0v) is 13.5. The molecule has 1 aliphatic heterocycles. The van der Waals surface area contributed by atoms with Gasteiger partial charge in [-0.1, -0.05) is 12.5 Å². The van der Waals surface area contributed by atoms with E-state index in [1.807, 2.05) is 12.1 Å². The molecule has 0 saturated carbocycles. The molecule has 4 heteroatoms. The second-order valence-electron chi connectivity index (χ2n) is 5.77. The van der Waals surface area contributed by atoms with Gasteiger partial charge in [0.1, 0.15) is 11.5 Å². The molecule has 1 aliphatic rings. The number of nitrogens with one attached hydrogen (secondary N) is 1. The first kappa shape index (κ1) is 16.1. The Hall–Kier alpha value is -1.26. The molecule has 1 aromatic rings. The van der Waals surface area contributed by atoms with Crippen LogP contribution in [0.5, 0.6) is 11.5 Å². The fourth-order valence-corrected chi connectivity index (χ4v) is 3.00. The van der Waals surface area contributed by atoms with Gasteiger partial charge in [-0.05, 0) is 45.5 Å². The lowest BCUT2D eigenvalue weighted by molar-refractivity contribution is 0.175. The van der Waals surface area contributed by atoms with Gasteiger partial charge in [-0.15, -0.1) is 0 Å². The third-order valence-electron chi connectivity index (χ3n) is 4.39. The molecule has 1 atom stereocenters. The smallest absolute Gasteiger partial charge is 0.127 e. The number of ether oxygens (including phenoxy) is 2. The SMILES string of the molecule is COc1ccc(CNCCC2CCCCN2C)c(OC)c1. The van der Waals surface area contributed by atoms with Gasteiger partial charge in [0.05, 0.1) is 14.2 Å². The number of nitrogens with zero attached hydrogens (tertiary/aromatic N) is 1. The zero-order chi connectivity index (χ0) is 15.1. The minimum absolute atomic E-state index is 0.740. The van der Waals surface area contributed by atoms with E-state index in [1.54, 1.807) is 14.2 Å². The van der Waals surface area contributed by atoms with Crippen molar-refractivity contribution in [3.63, 3.8) is 0 Å². The van der Waals surface area contributed by atoms with Gasteiger partial charge in [0.15, 0.2) is 0 Å². The molecule has 0 aliphatic carbocycles. The van der Waals surface area contributed by atoms with Crippen LogP contribution in [-0.4, -0.2) is 45.3 Å². The van der Waals surface area contributed by atoms with Crippen LogP contribution in [0, 0.1) is 0 Å². The highest BCUT2D eigenvalue weighted by Gasteiger charge is 2.17. The van der Waals surface area contributed by atoms with Crippen LogP contribution in [-0.2, 0) is 6.54 Å². The lowest BCUT2D eigenvalue weighted by atomic mass is 10.0. The van der Waals surface area contributed by atoms with E-state index in [2.05, 4.69) is 23.3 Å². The number of hydrogen-bond acceptors (Lipinski definition) is 4. The molecule has 0 spiro atoms. The average Bonchev–Trinajstić information content (AvgIpc) is 2.53. The van der Waals surface area contributed by atoms with Crippen LogP contribution in [0.15, 0.2) is 18.2 Å². The lowest BCUT2D eigenvalue weighted by Gasteiger charge is -2.32. The molecule has 0 radical (unpaired) electrons. The first-order chi connectivity index (χ1) is 10.2. The molecule has 1 aromatic carbocycles. The summed E-state index contributed by atoms with van der Waals surface area (Å²) in [5, 5.41) is 3.53. The van der Waals surface area contributed by atoms with E-state index in [0.717, 1.165) is 30.6 Å². The summed E-state index contributed by atoms with van der Waals surface area (Å²) in [5.41, 5.74) is 1.18. The standard InChI is InChI=1S/C17H28N2O2/c1-19-11-5-4-6-15(19)9-10-18-13-14-7-8-16(20-2)12-17(14)21-3/h7-8,12,15,18H,4-6,9-11,13H2,1-3H3. The van der Waals surface area contributed by atoms with E-state index in [9.17, 15) is 0 Å². The highest BCUT2D eigenvalue weighted by atomic mass is 16.5. The minimum Gasteiger partial charge on any atom is -0.497 e. The summed E-state index contributed by atoms with van der Waals surface area (Å²) < 4.78 is 10.6. The molecule has 21 heavy (non-hydrogen) atoms. The summed E-state index contributed by atoms with van der Waals surface area (Å²) in [7, 11) is 5.62. The fraction of sp³-hybridized carbons (Fsp3) is 0.647. The van der Waals surface area contributed by atoms with Crippen molar-refractivity contribution < 1.29 is 9.47 Å². The van der Waals surface area contributed by atoms with Crippen LogP contribution >= 0.6 is 0 Å². The quantitative estimate of drug-likeness (QED) is 0.783. The summed E-state index contributed by atoms with van der Waals surface area (Å²) in [6, 6.07) is 6.72. The van der Waals surface area contributed by atoms with Crippen molar-refractivity contribution in [3.05, 3.63) is 23.8 Å². The number of benzene rings is 1. The summed E-state index contributed by atoms with van der Waals surface area (Å²) >= 11 is 0. The van der Waals surface area contributed by atoms with Crippen LogP contribution in [0.25, 0.3) is 0 Å². The Labute approximate surface area is 128 Å². The molecule has 1 heterocycles. The van der Waals surface area contributed by atoms with Crippen LogP contribution < -0.4 is 14.8 Å². The van der Waals surface area contributed by atoms with Gasteiger partial charge in [0.25, 0.3) is 0 Å². The van der Waals surface area contributed by atoms with Gasteiger partial charge in [-0.2, -0.15) is 0 Å². The maximum Gasteiger partial charge on any atom is 0.127 e. The molecule has 0 aromatic heterocycles. The highest BCUT2D eigenvalue weighted by molar-refractivity contribution is 5.40. The van der Waals surface area contributed by atoms with Gasteiger partial charge in [0.2, 0.25) is 0 Å². The fourth-order valence-electron chi connectivity index (χ4n) is 3.00. The maximum absolute atomic E-state index is 5.42. The topological polar surface area (TPSA) is 33.7 Å². The molecule has 1 saturated heterocycles. The molecule has 0 bridgehead atoms. The van der Waals surface area contributed by atoms with Crippen molar-refractivity contribution in [1.29, 1.82) is 0 Å². The minimum atomic E-state index is 0.740. The Bertz CT molecular complexity index is 437. The predicted molar refractivity (Wildman–Crippen MR) is 86.1 cm³/mol. The highest BCUT2D eigenvalue weighted by Crippen LogP contribution is 2.24. The van der Waals surface area contributed by atoms with Crippen molar-refractivity contribution in [2.75, 3.05) is 34.4 Å². The number of piperidine rings is 1. The van der Waals surface area contributed by atoms with E-state index in [1.165, 1.54) is 37.8 Å². The summed E-state index contributed by atoms with van der Waals surface area (Å²) in [6.07, 6.45) is 5.28. The molecular weight excluding hydrogens is 264 g/mol. The molecule has 1 N–H and O–H groups in total. The van der Waals surface area contributed by atoms with Gasteiger partial charge < -0.3 is 19.7 Å². The first-order valence-corrected chi connectivity index (χ1v) is 7.86. The molecule has 1 unspecified atom stereocenters.